The van der Waals surface area contributed by atoms with Crippen LogP contribution in [0, 0.1) is 0 Å². The van der Waals surface area contributed by atoms with Gasteiger partial charge >= 0.3 is 6.03 Å². The molecule has 3 heterocycles. The number of hydrogen-bond donors (Lipinski definition) is 2. The van der Waals surface area contributed by atoms with E-state index in [0.717, 1.165) is 43.0 Å². The van der Waals surface area contributed by atoms with Crippen molar-refractivity contribution in [3.05, 3.63) is 41.6 Å². The highest BCUT2D eigenvalue weighted by Crippen LogP contribution is 2.29. The third-order valence-corrected chi connectivity index (χ3v) is 4.95. The maximum atomic E-state index is 13.0. The van der Waals surface area contributed by atoms with Crippen LogP contribution in [0.2, 0.25) is 0 Å². The van der Waals surface area contributed by atoms with Gasteiger partial charge in [-0.25, -0.2) is 4.79 Å². The maximum Gasteiger partial charge on any atom is 0.327 e. The van der Waals surface area contributed by atoms with Crippen LogP contribution >= 0.6 is 0 Å². The van der Waals surface area contributed by atoms with Crippen LogP contribution in [0.5, 0.6) is 0 Å². The number of nitrogens with zero attached hydrogens (tertiary/aromatic N) is 3. The Hall–Kier alpha value is -2.34. The summed E-state index contributed by atoms with van der Waals surface area (Å²) in [5.74, 6) is 0.728. The molecule has 3 aliphatic rings. The minimum Gasteiger partial charge on any atom is -0.389 e. The molecule has 3 saturated heterocycles. The van der Waals surface area contributed by atoms with Gasteiger partial charge in [0.1, 0.15) is 0 Å². The van der Waals surface area contributed by atoms with Crippen molar-refractivity contribution < 1.29 is 9.90 Å². The number of aliphatic hydroxyl groups is 1. The van der Waals surface area contributed by atoms with Gasteiger partial charge in [0.2, 0.25) is 0 Å². The molecule has 0 radical (unpaired) electrons. The third-order valence-electron chi connectivity index (χ3n) is 4.95. The van der Waals surface area contributed by atoms with Gasteiger partial charge in [0, 0.05) is 31.9 Å². The minimum absolute atomic E-state index is 0.160. The van der Waals surface area contributed by atoms with Gasteiger partial charge in [-0.2, -0.15) is 0 Å². The summed E-state index contributed by atoms with van der Waals surface area (Å²) in [4.78, 5) is 21.6. The average Bonchev–Trinajstić information content (AvgIpc) is 2.87. The molecule has 2 amide bonds. The number of piperidine rings is 1. The Morgan fingerprint density at radius 2 is 2.12 bits per heavy atom. The van der Waals surface area contributed by atoms with Crippen LogP contribution in [-0.2, 0) is 0 Å². The molecule has 1 unspecified atom stereocenters. The van der Waals surface area contributed by atoms with Crippen LogP contribution in [0.1, 0.15) is 38.4 Å². The molecule has 3 fully saturated rings. The predicted octanol–water partition coefficient (Wildman–Crippen LogP) is 2.98. The number of aliphatic imine (C=N–C) groups is 1. The molecule has 1 aromatic carbocycles. The monoisotopic (exact) mass is 342 g/mol. The molecular formula is C19H26N4O2. The van der Waals surface area contributed by atoms with Crippen molar-refractivity contribution in [3.63, 3.8) is 0 Å². The second kappa shape index (κ2) is 7.27. The number of allylic oxidation sites excluding steroid dienone is 1. The summed E-state index contributed by atoms with van der Waals surface area (Å²) in [7, 11) is 1.74. The highest BCUT2D eigenvalue weighted by atomic mass is 16.3. The van der Waals surface area contributed by atoms with E-state index in [9.17, 15) is 9.90 Å². The van der Waals surface area contributed by atoms with Crippen LogP contribution in [0.25, 0.3) is 0 Å². The molecule has 0 aliphatic carbocycles. The second-order valence-electron chi connectivity index (χ2n) is 6.54. The number of rotatable bonds is 2. The molecule has 25 heavy (non-hydrogen) atoms. The first kappa shape index (κ1) is 17.5. The Labute approximate surface area is 148 Å². The molecule has 4 rings (SSSR count). The molecule has 0 saturated carbocycles. The minimum atomic E-state index is -0.569. The van der Waals surface area contributed by atoms with E-state index in [1.165, 1.54) is 0 Å². The standard InChI is InChI=1S/C19H26N4O2/c1-4-17-18(20-3)23(16-8-10-22(17)11-9-16)19(25)21-15-7-5-6-14(12-15)13(2)24/h4-7,12-13,16,24H,8-11H2,1-3H3,(H,21,25). The lowest BCUT2D eigenvalue weighted by molar-refractivity contribution is 0.198. The van der Waals surface area contributed by atoms with E-state index in [2.05, 4.69) is 15.2 Å². The molecule has 1 aromatic rings. The number of fused-ring (bicyclic) bond motifs is 4. The first-order chi connectivity index (χ1) is 12.0. The van der Waals surface area contributed by atoms with E-state index in [1.807, 2.05) is 31.2 Å². The van der Waals surface area contributed by atoms with Gasteiger partial charge in [-0.1, -0.05) is 18.2 Å². The highest BCUT2D eigenvalue weighted by molar-refractivity contribution is 6.10. The zero-order chi connectivity index (χ0) is 18.0. The topological polar surface area (TPSA) is 68.2 Å². The number of carbonyl (C=O) groups excluding carboxylic acids is 1. The number of aliphatic hydroxyl groups excluding tert-OH is 1. The van der Waals surface area contributed by atoms with Gasteiger partial charge in [-0.05, 0) is 44.4 Å². The predicted molar refractivity (Wildman–Crippen MR) is 99.6 cm³/mol. The Morgan fingerprint density at radius 3 is 2.72 bits per heavy atom. The number of carbonyl (C=O) groups is 1. The van der Waals surface area contributed by atoms with Gasteiger partial charge in [0.05, 0.1) is 11.8 Å². The van der Waals surface area contributed by atoms with E-state index < -0.39 is 6.10 Å². The fourth-order valence-corrected chi connectivity index (χ4v) is 3.66. The molecule has 2 bridgehead atoms. The fourth-order valence-electron chi connectivity index (χ4n) is 3.66. The second-order valence-corrected chi connectivity index (χ2v) is 6.54. The zero-order valence-electron chi connectivity index (χ0n) is 15.1. The molecule has 0 aromatic heterocycles. The summed E-state index contributed by atoms with van der Waals surface area (Å²) in [6, 6.07) is 7.31. The summed E-state index contributed by atoms with van der Waals surface area (Å²) >= 11 is 0. The SMILES string of the molecule is CC=C1C(=NC)N(C(=O)Nc2cccc(C(C)O)c2)C2CCN1CC2. The van der Waals surface area contributed by atoms with Gasteiger partial charge in [-0.15, -0.1) is 0 Å². The summed E-state index contributed by atoms with van der Waals surface area (Å²) in [5.41, 5.74) is 2.48. The number of anilines is 1. The first-order valence-electron chi connectivity index (χ1n) is 8.81. The zero-order valence-corrected chi connectivity index (χ0v) is 15.1. The molecule has 0 spiro atoms. The number of urea groups is 1. The molecule has 6 heteroatoms. The largest absolute Gasteiger partial charge is 0.389 e. The number of benzene rings is 1. The van der Waals surface area contributed by atoms with Gasteiger partial charge < -0.3 is 15.3 Å². The highest BCUT2D eigenvalue weighted by Gasteiger charge is 2.38. The van der Waals surface area contributed by atoms with Gasteiger partial charge in [0.25, 0.3) is 0 Å². The van der Waals surface area contributed by atoms with E-state index in [1.54, 1.807) is 24.9 Å². The lowest BCUT2D eigenvalue weighted by Gasteiger charge is -2.31. The maximum absolute atomic E-state index is 13.0. The summed E-state index contributed by atoms with van der Waals surface area (Å²) in [6.45, 7) is 5.60. The number of nitrogens with one attached hydrogen (secondary N) is 1. The van der Waals surface area contributed by atoms with Crippen LogP contribution < -0.4 is 5.32 Å². The summed E-state index contributed by atoms with van der Waals surface area (Å²) in [5, 5.41) is 12.7. The molecule has 2 N–H and O–H groups in total. The van der Waals surface area contributed by atoms with E-state index >= 15 is 0 Å². The van der Waals surface area contributed by atoms with Gasteiger partial charge in [0.15, 0.2) is 5.84 Å². The average molecular weight is 342 g/mol. The van der Waals surface area contributed by atoms with E-state index in [4.69, 9.17) is 0 Å². The Morgan fingerprint density at radius 1 is 1.40 bits per heavy atom. The van der Waals surface area contributed by atoms with Crippen LogP contribution in [0.15, 0.2) is 41.0 Å². The molecular weight excluding hydrogens is 316 g/mol. The van der Waals surface area contributed by atoms with Crippen LogP contribution in [0.3, 0.4) is 0 Å². The van der Waals surface area contributed by atoms with Crippen LogP contribution in [-0.4, -0.2) is 53.0 Å². The van der Waals surface area contributed by atoms with Crippen molar-refractivity contribution in [3.8, 4) is 0 Å². The summed E-state index contributed by atoms with van der Waals surface area (Å²) in [6.07, 6.45) is 3.35. The number of amidine groups is 1. The lowest BCUT2D eigenvalue weighted by Crippen LogP contribution is -2.46. The summed E-state index contributed by atoms with van der Waals surface area (Å²) < 4.78 is 0. The Kier molecular flexibility index (Phi) is 5.08. The molecule has 1 atom stereocenters. The smallest absolute Gasteiger partial charge is 0.327 e. The molecule has 3 aliphatic heterocycles. The molecule has 134 valence electrons. The quantitative estimate of drug-likeness (QED) is 0.868. The Balaban J connectivity index is 1.88. The van der Waals surface area contributed by atoms with Crippen molar-refractivity contribution >= 4 is 17.6 Å². The van der Waals surface area contributed by atoms with Crippen LogP contribution in [0.4, 0.5) is 10.5 Å². The normalized spacial score (nSPS) is 22.4. The molecule has 6 nitrogen and oxygen atoms in total. The fraction of sp³-hybridized carbons (Fsp3) is 0.474. The van der Waals surface area contributed by atoms with Crippen molar-refractivity contribution in [2.45, 2.75) is 38.8 Å². The van der Waals surface area contributed by atoms with Gasteiger partial charge in [-0.3, -0.25) is 9.89 Å². The third kappa shape index (κ3) is 3.39. The van der Waals surface area contributed by atoms with Crippen molar-refractivity contribution in [1.82, 2.24) is 9.80 Å². The Bertz CT molecular complexity index is 703. The number of hydrogen-bond acceptors (Lipinski definition) is 4. The lowest BCUT2D eigenvalue weighted by atomic mass is 10.1. The van der Waals surface area contributed by atoms with Crippen molar-refractivity contribution in [2.75, 3.05) is 25.5 Å². The van der Waals surface area contributed by atoms with E-state index in [0.29, 0.717) is 5.69 Å². The first-order valence-corrected chi connectivity index (χ1v) is 8.81. The van der Waals surface area contributed by atoms with E-state index in [-0.39, 0.29) is 12.1 Å². The van der Waals surface area contributed by atoms with Crippen molar-refractivity contribution in [2.24, 2.45) is 4.99 Å². The van der Waals surface area contributed by atoms with Crippen molar-refractivity contribution in [1.29, 1.82) is 0 Å². The number of amides is 2.